The third-order valence-electron chi connectivity index (χ3n) is 4.41. The Hall–Kier alpha value is -2.62. The molecule has 0 N–H and O–H groups in total. The van der Waals surface area contributed by atoms with E-state index in [1.54, 1.807) is 6.20 Å². The van der Waals surface area contributed by atoms with Crippen LogP contribution >= 0.6 is 0 Å². The van der Waals surface area contributed by atoms with Crippen LogP contribution < -0.4 is 0 Å². The monoisotopic (exact) mass is 288 g/mol. The maximum Gasteiger partial charge on any atom is 0.0994 e. The van der Waals surface area contributed by atoms with Crippen molar-refractivity contribution < 1.29 is 0 Å². The molecular weight excluding hydrogens is 272 g/mol. The van der Waals surface area contributed by atoms with Crippen LogP contribution in [0.5, 0.6) is 0 Å². The molecule has 0 saturated heterocycles. The number of pyridine rings is 2. The molecule has 0 aliphatic rings. The number of aromatic nitrogens is 4. The number of rotatable bonds is 0. The van der Waals surface area contributed by atoms with E-state index in [1.807, 2.05) is 32.2 Å². The summed E-state index contributed by atoms with van der Waals surface area (Å²) < 4.78 is 0. The van der Waals surface area contributed by atoms with Gasteiger partial charge < -0.3 is 0 Å². The predicted molar refractivity (Wildman–Crippen MR) is 89.1 cm³/mol. The van der Waals surface area contributed by atoms with Gasteiger partial charge in [0.1, 0.15) is 0 Å². The minimum atomic E-state index is 0.898. The number of aryl methyl sites for hydroxylation is 3. The van der Waals surface area contributed by atoms with E-state index in [4.69, 9.17) is 9.97 Å². The first kappa shape index (κ1) is 13.1. The van der Waals surface area contributed by atoms with Crippen molar-refractivity contribution in [3.8, 4) is 0 Å². The lowest BCUT2D eigenvalue weighted by molar-refractivity contribution is 1.16. The molecule has 3 aromatic heterocycles. The van der Waals surface area contributed by atoms with Crippen LogP contribution in [0.3, 0.4) is 0 Å². The smallest absolute Gasteiger partial charge is 0.0994 e. The summed E-state index contributed by atoms with van der Waals surface area (Å²) in [6.07, 6.45) is 3.62. The van der Waals surface area contributed by atoms with Crippen LogP contribution in [0.4, 0.5) is 0 Å². The van der Waals surface area contributed by atoms with Crippen LogP contribution in [-0.2, 0) is 0 Å². The van der Waals surface area contributed by atoms with Crippen LogP contribution in [0.1, 0.15) is 22.5 Å². The molecule has 3 heterocycles. The second kappa shape index (κ2) is 4.44. The highest BCUT2D eigenvalue weighted by Gasteiger charge is 2.16. The third kappa shape index (κ3) is 1.64. The van der Waals surface area contributed by atoms with Gasteiger partial charge in [-0.05, 0) is 51.0 Å². The number of benzene rings is 1. The van der Waals surface area contributed by atoms with E-state index in [9.17, 15) is 0 Å². The van der Waals surface area contributed by atoms with Crippen molar-refractivity contribution in [2.24, 2.45) is 0 Å². The molecule has 22 heavy (non-hydrogen) atoms. The quantitative estimate of drug-likeness (QED) is 0.460. The van der Waals surface area contributed by atoms with Gasteiger partial charge in [0.15, 0.2) is 0 Å². The Balaban J connectivity index is 2.45. The largest absolute Gasteiger partial charge is 0.254 e. The van der Waals surface area contributed by atoms with E-state index in [1.165, 1.54) is 11.1 Å². The summed E-state index contributed by atoms with van der Waals surface area (Å²) in [7, 11) is 0. The molecule has 0 unspecified atom stereocenters. The highest BCUT2D eigenvalue weighted by Crippen LogP contribution is 2.34. The topological polar surface area (TPSA) is 51.6 Å². The Morgan fingerprint density at radius 1 is 0.773 bits per heavy atom. The molecule has 4 aromatic rings. The normalized spacial score (nSPS) is 11.6. The molecule has 4 heteroatoms. The zero-order valence-electron chi connectivity index (χ0n) is 13.1. The second-order valence-electron chi connectivity index (χ2n) is 5.78. The van der Waals surface area contributed by atoms with Crippen LogP contribution in [0, 0.1) is 27.7 Å². The molecule has 0 fully saturated rings. The summed E-state index contributed by atoms with van der Waals surface area (Å²) in [6.45, 7) is 8.25. The van der Waals surface area contributed by atoms with Crippen LogP contribution in [-0.4, -0.2) is 19.9 Å². The van der Waals surface area contributed by atoms with Crippen molar-refractivity contribution in [3.63, 3.8) is 0 Å². The van der Waals surface area contributed by atoms with Gasteiger partial charge in [-0.3, -0.25) is 15.0 Å². The lowest BCUT2D eigenvalue weighted by Gasteiger charge is -2.13. The lowest BCUT2D eigenvalue weighted by Crippen LogP contribution is -1.99. The Morgan fingerprint density at radius 2 is 1.50 bits per heavy atom. The Bertz CT molecular complexity index is 1050. The van der Waals surface area contributed by atoms with Gasteiger partial charge in [-0.2, -0.15) is 0 Å². The van der Waals surface area contributed by atoms with E-state index in [0.29, 0.717) is 0 Å². The third-order valence-corrected chi connectivity index (χ3v) is 4.41. The van der Waals surface area contributed by atoms with Crippen LogP contribution in [0.15, 0.2) is 24.5 Å². The molecule has 0 bridgehead atoms. The summed E-state index contributed by atoms with van der Waals surface area (Å²) in [5.41, 5.74) is 8.00. The van der Waals surface area contributed by atoms with Gasteiger partial charge in [0.05, 0.1) is 27.8 Å². The Morgan fingerprint density at radius 3 is 2.32 bits per heavy atom. The molecule has 0 aliphatic heterocycles. The van der Waals surface area contributed by atoms with Gasteiger partial charge in [0.2, 0.25) is 0 Å². The summed E-state index contributed by atoms with van der Waals surface area (Å²) in [5.74, 6) is 0. The van der Waals surface area contributed by atoms with Crippen molar-refractivity contribution in [2.75, 3.05) is 0 Å². The van der Waals surface area contributed by atoms with Crippen molar-refractivity contribution >= 4 is 32.8 Å². The van der Waals surface area contributed by atoms with Gasteiger partial charge in [-0.1, -0.05) is 0 Å². The van der Waals surface area contributed by atoms with Gasteiger partial charge in [-0.25, -0.2) is 4.98 Å². The molecule has 0 spiro atoms. The molecule has 0 aliphatic carbocycles. The van der Waals surface area contributed by atoms with Crippen molar-refractivity contribution in [1.82, 2.24) is 19.9 Å². The van der Waals surface area contributed by atoms with Crippen molar-refractivity contribution in [1.29, 1.82) is 0 Å². The number of nitrogens with zero attached hydrogens (tertiary/aromatic N) is 4. The van der Waals surface area contributed by atoms with E-state index < -0.39 is 0 Å². The van der Waals surface area contributed by atoms with E-state index >= 15 is 0 Å². The average molecular weight is 288 g/mol. The molecular formula is C18H16N4. The summed E-state index contributed by atoms with van der Waals surface area (Å²) >= 11 is 0. The van der Waals surface area contributed by atoms with Crippen molar-refractivity contribution in [3.05, 3.63) is 47.0 Å². The molecule has 0 atom stereocenters. The average Bonchev–Trinajstić information content (AvgIpc) is 2.52. The van der Waals surface area contributed by atoms with E-state index in [2.05, 4.69) is 23.8 Å². The summed E-state index contributed by atoms with van der Waals surface area (Å²) in [4.78, 5) is 18.8. The standard InChI is InChI=1S/C18H16N4/c1-9-8-20-16-13-6-5-7-19-15(13)18-14(17(16)21-9)11(3)10(2)12(4)22-18/h5-8H,1-4H3. The summed E-state index contributed by atoms with van der Waals surface area (Å²) in [6, 6.07) is 3.98. The lowest BCUT2D eigenvalue weighted by atomic mass is 9.99. The fraction of sp³-hybridized carbons (Fsp3) is 0.222. The van der Waals surface area contributed by atoms with E-state index in [-0.39, 0.29) is 0 Å². The molecule has 108 valence electrons. The predicted octanol–water partition coefficient (Wildman–Crippen LogP) is 3.96. The fourth-order valence-electron chi connectivity index (χ4n) is 3.04. The van der Waals surface area contributed by atoms with Gasteiger partial charge in [0.25, 0.3) is 0 Å². The number of hydrogen-bond donors (Lipinski definition) is 0. The molecule has 0 saturated carbocycles. The van der Waals surface area contributed by atoms with Gasteiger partial charge in [0, 0.05) is 28.9 Å². The zero-order chi connectivity index (χ0) is 15.4. The first-order valence-electron chi connectivity index (χ1n) is 7.35. The van der Waals surface area contributed by atoms with E-state index in [0.717, 1.165) is 44.2 Å². The highest BCUT2D eigenvalue weighted by molar-refractivity contribution is 6.21. The molecule has 0 radical (unpaired) electrons. The first-order chi connectivity index (χ1) is 10.6. The summed E-state index contributed by atoms with van der Waals surface area (Å²) in [5, 5.41) is 2.08. The van der Waals surface area contributed by atoms with Gasteiger partial charge >= 0.3 is 0 Å². The Kier molecular flexibility index (Phi) is 2.64. The maximum atomic E-state index is 4.81. The maximum absolute atomic E-state index is 4.81. The molecule has 0 amide bonds. The SMILES string of the molecule is Cc1cnc2c3cccnc3c3nc(C)c(C)c(C)c3c2n1. The fourth-order valence-corrected chi connectivity index (χ4v) is 3.04. The number of fused-ring (bicyclic) bond motifs is 6. The molecule has 4 rings (SSSR count). The second-order valence-corrected chi connectivity index (χ2v) is 5.78. The Labute approximate surface area is 128 Å². The molecule has 1 aromatic carbocycles. The number of hydrogen-bond acceptors (Lipinski definition) is 4. The van der Waals surface area contributed by atoms with Crippen LogP contribution in [0.25, 0.3) is 32.8 Å². The highest BCUT2D eigenvalue weighted by atomic mass is 14.8. The van der Waals surface area contributed by atoms with Crippen LogP contribution in [0.2, 0.25) is 0 Å². The first-order valence-corrected chi connectivity index (χ1v) is 7.35. The minimum absolute atomic E-state index is 0.898. The van der Waals surface area contributed by atoms with Gasteiger partial charge in [-0.15, -0.1) is 0 Å². The zero-order valence-corrected chi connectivity index (χ0v) is 13.1. The minimum Gasteiger partial charge on any atom is -0.254 e. The van der Waals surface area contributed by atoms with Crippen molar-refractivity contribution in [2.45, 2.75) is 27.7 Å². The molecule has 4 nitrogen and oxygen atoms in total.